The average Bonchev–Trinajstić information content (AvgIpc) is 4.03. The molecule has 2 rings (SSSR count). The fourth-order valence-corrected chi connectivity index (χ4v) is 12.1. The van der Waals surface area contributed by atoms with Gasteiger partial charge in [0.2, 0.25) is 23.6 Å². The Bertz CT molecular complexity index is 1420. The quantitative estimate of drug-likeness (QED) is 0.0464. The number of nitrogens with zero attached hydrogens (tertiary/aromatic N) is 4. The summed E-state index contributed by atoms with van der Waals surface area (Å²) in [6.07, 6.45) is 53.9. The SMILES string of the molecule is CCCCCCCC/C=C\CCCCCCCC(=O)N(CCC1CCCN1C)C(C(=O)NCCCCCCCNC(=O)C(C(C)C)N(CCC1CCCN1C)C(=O)CCCCCCC/C=C\CCCCCCCC)C(C)C. The molecular weight excluding hydrogens is 953 g/mol. The second-order valence-corrected chi connectivity index (χ2v) is 24.7. The van der Waals surface area contributed by atoms with E-state index in [1.165, 1.54) is 128 Å². The minimum atomic E-state index is -0.460. The highest BCUT2D eigenvalue weighted by atomic mass is 16.2. The molecule has 4 amide bonds. The van der Waals surface area contributed by atoms with Crippen LogP contribution in [0.3, 0.4) is 0 Å². The molecule has 448 valence electrons. The van der Waals surface area contributed by atoms with Crippen LogP contribution in [0.5, 0.6) is 0 Å². The molecule has 0 radical (unpaired) electrons. The number of amides is 4. The van der Waals surface area contributed by atoms with E-state index in [9.17, 15) is 19.2 Å². The van der Waals surface area contributed by atoms with Gasteiger partial charge in [0.25, 0.3) is 0 Å². The summed E-state index contributed by atoms with van der Waals surface area (Å²) in [4.78, 5) is 64.6. The lowest BCUT2D eigenvalue weighted by atomic mass is 9.99. The molecule has 2 heterocycles. The van der Waals surface area contributed by atoms with Gasteiger partial charge in [0.15, 0.2) is 0 Å². The van der Waals surface area contributed by atoms with Gasteiger partial charge in [-0.3, -0.25) is 19.2 Å². The first kappa shape index (κ1) is 70.4. The Morgan fingerprint density at radius 3 is 1.04 bits per heavy atom. The Morgan fingerprint density at radius 2 is 0.740 bits per heavy atom. The van der Waals surface area contributed by atoms with Gasteiger partial charge in [-0.25, -0.2) is 0 Å². The lowest BCUT2D eigenvalue weighted by Crippen LogP contribution is -2.53. The van der Waals surface area contributed by atoms with Crippen LogP contribution in [-0.2, 0) is 19.2 Å². The molecule has 0 saturated carbocycles. The molecule has 10 heteroatoms. The van der Waals surface area contributed by atoms with Crippen LogP contribution in [0.25, 0.3) is 0 Å². The highest BCUT2D eigenvalue weighted by molar-refractivity contribution is 5.88. The Kier molecular flexibility index (Phi) is 42.9. The minimum absolute atomic E-state index is 0.0180. The van der Waals surface area contributed by atoms with E-state index in [0.29, 0.717) is 51.1 Å². The van der Waals surface area contributed by atoms with E-state index in [1.807, 2.05) is 9.80 Å². The molecule has 10 nitrogen and oxygen atoms in total. The first-order valence-corrected chi connectivity index (χ1v) is 33.3. The predicted octanol–water partition coefficient (Wildman–Crippen LogP) is 15.9. The van der Waals surface area contributed by atoms with Crippen molar-refractivity contribution in [2.45, 2.75) is 316 Å². The van der Waals surface area contributed by atoms with Crippen LogP contribution in [0.15, 0.2) is 24.3 Å². The fraction of sp³-hybridized carbons (Fsp3) is 0.881. The van der Waals surface area contributed by atoms with Gasteiger partial charge in [0.1, 0.15) is 12.1 Å². The maximum atomic E-state index is 14.0. The number of carbonyl (C=O) groups is 4. The van der Waals surface area contributed by atoms with Gasteiger partial charge in [-0.1, -0.05) is 188 Å². The first-order chi connectivity index (χ1) is 37.4. The number of allylic oxidation sites excluding steroid dienone is 4. The highest BCUT2D eigenvalue weighted by Gasteiger charge is 2.35. The molecule has 0 aromatic rings. The monoisotopic (exact) mass is 1080 g/mol. The number of unbranched alkanes of at least 4 members (excludes halogenated alkanes) is 26. The smallest absolute Gasteiger partial charge is 0.243 e. The minimum Gasteiger partial charge on any atom is -0.354 e. The predicted molar refractivity (Wildman–Crippen MR) is 329 cm³/mol. The van der Waals surface area contributed by atoms with E-state index in [0.717, 1.165) is 122 Å². The number of likely N-dealkylation sites (tertiary alicyclic amines) is 2. The Hall–Kier alpha value is -2.72. The topological polar surface area (TPSA) is 105 Å². The number of hydrogen-bond donors (Lipinski definition) is 2. The maximum Gasteiger partial charge on any atom is 0.243 e. The van der Waals surface area contributed by atoms with Crippen LogP contribution in [0.1, 0.15) is 292 Å². The largest absolute Gasteiger partial charge is 0.354 e. The third kappa shape index (κ3) is 33.6. The molecule has 2 N–H and O–H groups in total. The summed E-state index contributed by atoms with van der Waals surface area (Å²) >= 11 is 0. The summed E-state index contributed by atoms with van der Waals surface area (Å²) < 4.78 is 0. The van der Waals surface area contributed by atoms with Gasteiger partial charge in [0, 0.05) is 51.1 Å². The standard InChI is InChI=1S/C67H126N6O4/c1-9-11-13-15-17-19-21-23-25-27-29-31-33-36-40-48-62(74)72(56-50-60-46-44-54-70(60)7)64(58(3)4)66(76)68-52-42-38-35-39-43-53-69-67(77)65(59(5)6)73(57-51-61-47-45-55-71(61)8)63(75)49-41-37-34-32-30-28-26-24-22-20-18-16-14-12-10-2/h23-26,58-61,64-65H,9-22,27-57H2,1-8H3,(H,68,76)(H,69,77)/b25-23-,26-24-. The van der Waals surface area contributed by atoms with Crippen molar-refractivity contribution in [2.24, 2.45) is 11.8 Å². The number of hydrogen-bond acceptors (Lipinski definition) is 6. The van der Waals surface area contributed by atoms with Crippen LogP contribution in [0, 0.1) is 11.8 Å². The van der Waals surface area contributed by atoms with E-state index < -0.39 is 12.1 Å². The molecule has 4 atom stereocenters. The molecule has 2 aliphatic heterocycles. The third-order valence-electron chi connectivity index (χ3n) is 17.1. The lowest BCUT2D eigenvalue weighted by molar-refractivity contribution is -0.142. The van der Waals surface area contributed by atoms with Crippen molar-refractivity contribution in [3.8, 4) is 0 Å². The van der Waals surface area contributed by atoms with Crippen LogP contribution < -0.4 is 10.6 Å². The Balaban J connectivity index is 1.77. The van der Waals surface area contributed by atoms with Crippen molar-refractivity contribution >= 4 is 23.6 Å². The van der Waals surface area contributed by atoms with E-state index in [1.54, 1.807) is 0 Å². The van der Waals surface area contributed by atoms with E-state index in [4.69, 9.17) is 0 Å². The summed E-state index contributed by atoms with van der Waals surface area (Å²) in [5.74, 6) is 0.279. The highest BCUT2D eigenvalue weighted by Crippen LogP contribution is 2.24. The molecule has 2 aliphatic rings. The van der Waals surface area contributed by atoms with Gasteiger partial charge in [0.05, 0.1) is 0 Å². The molecule has 2 fully saturated rings. The van der Waals surface area contributed by atoms with E-state index in [2.05, 4.69) is 100 Å². The molecule has 0 aromatic heterocycles. The average molecular weight is 1080 g/mol. The number of carbonyl (C=O) groups excluding carboxylic acids is 4. The second-order valence-electron chi connectivity index (χ2n) is 24.7. The summed E-state index contributed by atoms with van der Waals surface area (Å²) in [5.41, 5.74) is 0. The number of rotatable bonds is 50. The van der Waals surface area contributed by atoms with Gasteiger partial charge >= 0.3 is 0 Å². The summed E-state index contributed by atoms with van der Waals surface area (Å²) in [6.45, 7) is 17.6. The summed E-state index contributed by atoms with van der Waals surface area (Å²) in [6, 6.07) is 0.0157. The van der Waals surface area contributed by atoms with Crippen molar-refractivity contribution in [1.29, 1.82) is 0 Å². The van der Waals surface area contributed by atoms with Gasteiger partial charge in [-0.05, 0) is 155 Å². The molecule has 0 aromatic carbocycles. The van der Waals surface area contributed by atoms with Crippen molar-refractivity contribution in [2.75, 3.05) is 53.4 Å². The van der Waals surface area contributed by atoms with Gasteiger partial charge in [-0.15, -0.1) is 0 Å². The molecule has 0 spiro atoms. The Labute approximate surface area is 476 Å². The zero-order valence-corrected chi connectivity index (χ0v) is 52.0. The summed E-state index contributed by atoms with van der Waals surface area (Å²) in [7, 11) is 4.38. The van der Waals surface area contributed by atoms with Crippen molar-refractivity contribution in [1.82, 2.24) is 30.2 Å². The van der Waals surface area contributed by atoms with Crippen LogP contribution in [0.2, 0.25) is 0 Å². The summed E-state index contributed by atoms with van der Waals surface area (Å²) in [5, 5.41) is 6.49. The molecule has 0 aliphatic carbocycles. The molecule has 0 bridgehead atoms. The normalized spacial score (nSPS) is 17.1. The number of nitrogens with one attached hydrogen (secondary N) is 2. The zero-order chi connectivity index (χ0) is 56.1. The molecule has 77 heavy (non-hydrogen) atoms. The van der Waals surface area contributed by atoms with E-state index in [-0.39, 0.29) is 35.5 Å². The molecule has 4 unspecified atom stereocenters. The molecule has 2 saturated heterocycles. The van der Waals surface area contributed by atoms with Gasteiger partial charge < -0.3 is 30.2 Å². The van der Waals surface area contributed by atoms with Crippen molar-refractivity contribution < 1.29 is 19.2 Å². The first-order valence-electron chi connectivity index (χ1n) is 33.3. The zero-order valence-electron chi connectivity index (χ0n) is 52.0. The van der Waals surface area contributed by atoms with Crippen LogP contribution >= 0.6 is 0 Å². The third-order valence-corrected chi connectivity index (χ3v) is 17.1. The van der Waals surface area contributed by atoms with Gasteiger partial charge in [-0.2, -0.15) is 0 Å². The maximum absolute atomic E-state index is 14.0. The van der Waals surface area contributed by atoms with Crippen LogP contribution in [0.4, 0.5) is 0 Å². The van der Waals surface area contributed by atoms with Crippen LogP contribution in [-0.4, -0.2) is 121 Å². The lowest BCUT2D eigenvalue weighted by Gasteiger charge is -2.35. The second kappa shape index (κ2) is 47.0. The fourth-order valence-electron chi connectivity index (χ4n) is 12.1. The molecular formula is C67H126N6O4. The van der Waals surface area contributed by atoms with E-state index >= 15 is 0 Å². The van der Waals surface area contributed by atoms with Crippen molar-refractivity contribution in [3.63, 3.8) is 0 Å². The van der Waals surface area contributed by atoms with Crippen molar-refractivity contribution in [3.05, 3.63) is 24.3 Å². The Morgan fingerprint density at radius 1 is 0.442 bits per heavy atom.